The molecule has 28 heavy (non-hydrogen) atoms. The minimum Gasteiger partial charge on any atom is -0.497 e. The van der Waals surface area contributed by atoms with Gasteiger partial charge in [-0.3, -0.25) is 4.79 Å². The van der Waals surface area contributed by atoms with Crippen LogP contribution < -0.4 is 10.1 Å². The number of hydrogen-bond acceptors (Lipinski definition) is 4. The number of alkyl halides is 3. The largest absolute Gasteiger partial charge is 0.497 e. The minimum absolute atomic E-state index is 0.245. The lowest BCUT2D eigenvalue weighted by atomic mass is 10.1. The van der Waals surface area contributed by atoms with E-state index in [9.17, 15) is 22.8 Å². The van der Waals surface area contributed by atoms with Crippen LogP contribution in [0.5, 0.6) is 5.75 Å². The van der Waals surface area contributed by atoms with Gasteiger partial charge < -0.3 is 14.8 Å². The van der Waals surface area contributed by atoms with E-state index in [1.54, 1.807) is 18.2 Å². The van der Waals surface area contributed by atoms with E-state index in [0.717, 1.165) is 23.8 Å². The van der Waals surface area contributed by atoms with Crippen LogP contribution in [0.15, 0.2) is 54.6 Å². The van der Waals surface area contributed by atoms with Crippen molar-refractivity contribution < 1.29 is 32.2 Å². The van der Waals surface area contributed by atoms with Crippen molar-refractivity contribution in [2.45, 2.75) is 12.7 Å². The first-order valence-electron chi connectivity index (χ1n) is 8.19. The zero-order chi connectivity index (χ0) is 20.6. The lowest BCUT2D eigenvalue weighted by Gasteiger charge is -2.07. The summed E-state index contributed by atoms with van der Waals surface area (Å²) in [5.74, 6) is -0.609. The summed E-state index contributed by atoms with van der Waals surface area (Å²) in [4.78, 5) is 23.4. The SMILES string of the molecule is COc1cccc(CNC(=O)COC(=O)C=Cc2ccc(C(F)(F)F)cc2)c1. The number of ether oxygens (including phenoxy) is 2. The zero-order valence-corrected chi connectivity index (χ0v) is 15.0. The molecule has 0 fully saturated rings. The molecular formula is C20H18F3NO4. The highest BCUT2D eigenvalue weighted by Crippen LogP contribution is 2.29. The van der Waals surface area contributed by atoms with E-state index in [4.69, 9.17) is 9.47 Å². The molecule has 0 aliphatic carbocycles. The molecular weight excluding hydrogens is 375 g/mol. The number of hydrogen-bond donors (Lipinski definition) is 1. The van der Waals surface area contributed by atoms with Gasteiger partial charge in [-0.1, -0.05) is 24.3 Å². The number of methoxy groups -OCH3 is 1. The van der Waals surface area contributed by atoms with Gasteiger partial charge in [-0.15, -0.1) is 0 Å². The Labute approximate surface area is 159 Å². The van der Waals surface area contributed by atoms with Crippen LogP contribution in [-0.2, 0) is 27.0 Å². The fraction of sp³-hybridized carbons (Fsp3) is 0.200. The Balaban J connectivity index is 1.76. The molecule has 148 valence electrons. The van der Waals surface area contributed by atoms with Gasteiger partial charge in [0.1, 0.15) is 5.75 Å². The van der Waals surface area contributed by atoms with Crippen molar-refractivity contribution in [3.8, 4) is 5.75 Å². The van der Waals surface area contributed by atoms with Gasteiger partial charge in [0.25, 0.3) is 5.91 Å². The molecule has 0 bridgehead atoms. The topological polar surface area (TPSA) is 64.6 Å². The summed E-state index contributed by atoms with van der Waals surface area (Å²) < 4.78 is 47.3. The molecule has 0 radical (unpaired) electrons. The molecule has 0 unspecified atom stereocenters. The summed E-state index contributed by atoms with van der Waals surface area (Å²) in [6.45, 7) is -0.227. The van der Waals surface area contributed by atoms with E-state index in [0.29, 0.717) is 11.3 Å². The van der Waals surface area contributed by atoms with Crippen LogP contribution in [0.2, 0.25) is 0 Å². The van der Waals surface area contributed by atoms with Crippen LogP contribution >= 0.6 is 0 Å². The second kappa shape index (κ2) is 9.59. The van der Waals surface area contributed by atoms with Crippen LogP contribution in [-0.4, -0.2) is 25.6 Å². The Hall–Kier alpha value is -3.29. The van der Waals surface area contributed by atoms with Crippen LogP contribution in [0.25, 0.3) is 6.08 Å². The molecule has 1 amide bonds. The van der Waals surface area contributed by atoms with E-state index < -0.39 is 30.2 Å². The highest BCUT2D eigenvalue weighted by atomic mass is 19.4. The maximum Gasteiger partial charge on any atom is 0.416 e. The number of amides is 1. The average Bonchev–Trinajstić information content (AvgIpc) is 2.69. The lowest BCUT2D eigenvalue weighted by molar-refractivity contribution is -0.143. The Morgan fingerprint density at radius 2 is 1.82 bits per heavy atom. The standard InChI is InChI=1S/C20H18F3NO4/c1-27-17-4-2-3-15(11-17)12-24-18(25)13-28-19(26)10-7-14-5-8-16(9-6-14)20(21,22)23/h2-11H,12-13H2,1H3,(H,24,25). The maximum absolute atomic E-state index is 12.5. The highest BCUT2D eigenvalue weighted by Gasteiger charge is 2.29. The molecule has 5 nitrogen and oxygen atoms in total. The zero-order valence-electron chi connectivity index (χ0n) is 15.0. The van der Waals surface area contributed by atoms with Crippen LogP contribution in [0, 0.1) is 0 Å². The molecule has 0 aromatic heterocycles. The van der Waals surface area contributed by atoms with Gasteiger partial charge in [-0.25, -0.2) is 4.79 Å². The van der Waals surface area contributed by atoms with Crippen LogP contribution in [0.3, 0.4) is 0 Å². The second-order valence-electron chi connectivity index (χ2n) is 5.69. The van der Waals surface area contributed by atoms with Gasteiger partial charge in [0.15, 0.2) is 6.61 Å². The fourth-order valence-electron chi connectivity index (χ4n) is 2.17. The van der Waals surface area contributed by atoms with Crippen molar-refractivity contribution in [2.75, 3.05) is 13.7 Å². The van der Waals surface area contributed by atoms with Crippen molar-refractivity contribution in [3.63, 3.8) is 0 Å². The van der Waals surface area contributed by atoms with E-state index in [-0.39, 0.29) is 6.54 Å². The number of carbonyl (C=O) groups is 2. The molecule has 2 rings (SSSR count). The van der Waals surface area contributed by atoms with Crippen molar-refractivity contribution in [2.24, 2.45) is 0 Å². The third-order valence-corrected chi connectivity index (χ3v) is 3.62. The Bertz CT molecular complexity index is 845. The van der Waals surface area contributed by atoms with E-state index in [1.165, 1.54) is 25.3 Å². The van der Waals surface area contributed by atoms with Gasteiger partial charge in [0, 0.05) is 12.6 Å². The predicted octanol–water partition coefficient (Wildman–Crippen LogP) is 3.59. The van der Waals surface area contributed by atoms with E-state index in [1.807, 2.05) is 6.07 Å². The van der Waals surface area contributed by atoms with Crippen molar-refractivity contribution in [3.05, 3.63) is 71.3 Å². The molecule has 8 heteroatoms. The highest BCUT2D eigenvalue weighted by molar-refractivity contribution is 5.89. The van der Waals surface area contributed by atoms with Crippen molar-refractivity contribution in [1.29, 1.82) is 0 Å². The first-order valence-corrected chi connectivity index (χ1v) is 8.19. The van der Waals surface area contributed by atoms with Crippen LogP contribution in [0.4, 0.5) is 13.2 Å². The van der Waals surface area contributed by atoms with Gasteiger partial charge in [0.2, 0.25) is 0 Å². The third kappa shape index (κ3) is 6.79. The first-order chi connectivity index (χ1) is 13.3. The number of nitrogens with one attached hydrogen (secondary N) is 1. The Kier molecular flexibility index (Phi) is 7.20. The number of halogens is 3. The summed E-state index contributed by atoms with van der Waals surface area (Å²) in [6, 6.07) is 11.4. The molecule has 0 aliphatic rings. The first kappa shape index (κ1) is 21.0. The third-order valence-electron chi connectivity index (χ3n) is 3.62. The number of rotatable bonds is 7. The van der Waals surface area contributed by atoms with Gasteiger partial charge in [0.05, 0.1) is 12.7 Å². The van der Waals surface area contributed by atoms with Gasteiger partial charge >= 0.3 is 12.1 Å². The summed E-state index contributed by atoms with van der Waals surface area (Å²) in [7, 11) is 1.54. The molecule has 0 aliphatic heterocycles. The van der Waals surface area contributed by atoms with Crippen LogP contribution in [0.1, 0.15) is 16.7 Å². The normalized spacial score (nSPS) is 11.3. The summed E-state index contributed by atoms with van der Waals surface area (Å²) in [5.41, 5.74) is 0.439. The molecule has 0 heterocycles. The summed E-state index contributed by atoms with van der Waals surface area (Å²) >= 11 is 0. The molecule has 2 aromatic rings. The summed E-state index contributed by atoms with van der Waals surface area (Å²) in [6.07, 6.45) is -2.08. The summed E-state index contributed by atoms with van der Waals surface area (Å²) in [5, 5.41) is 2.60. The maximum atomic E-state index is 12.5. The molecule has 1 N–H and O–H groups in total. The van der Waals surface area contributed by atoms with Gasteiger partial charge in [-0.2, -0.15) is 13.2 Å². The monoisotopic (exact) mass is 393 g/mol. The average molecular weight is 393 g/mol. The quantitative estimate of drug-likeness (QED) is 0.577. The number of benzene rings is 2. The van der Waals surface area contributed by atoms with Crippen molar-refractivity contribution in [1.82, 2.24) is 5.32 Å². The van der Waals surface area contributed by atoms with Gasteiger partial charge in [-0.05, 0) is 41.5 Å². The van der Waals surface area contributed by atoms with Crippen molar-refractivity contribution >= 4 is 18.0 Å². The second-order valence-corrected chi connectivity index (χ2v) is 5.69. The Morgan fingerprint density at radius 3 is 2.46 bits per heavy atom. The van der Waals surface area contributed by atoms with E-state index in [2.05, 4.69) is 5.32 Å². The Morgan fingerprint density at radius 1 is 1.11 bits per heavy atom. The number of esters is 1. The smallest absolute Gasteiger partial charge is 0.416 e. The molecule has 0 atom stereocenters. The fourth-order valence-corrected chi connectivity index (χ4v) is 2.17. The molecule has 0 spiro atoms. The minimum atomic E-state index is -4.42. The van der Waals surface area contributed by atoms with E-state index >= 15 is 0 Å². The molecule has 0 saturated heterocycles. The molecule has 0 saturated carbocycles. The lowest BCUT2D eigenvalue weighted by Crippen LogP contribution is -2.28. The number of carbonyl (C=O) groups excluding carboxylic acids is 2. The molecule has 2 aromatic carbocycles. The predicted molar refractivity (Wildman–Crippen MR) is 96.3 cm³/mol.